The van der Waals surface area contributed by atoms with Crippen molar-refractivity contribution < 1.29 is 9.53 Å². The molecule has 1 amide bonds. The van der Waals surface area contributed by atoms with Crippen LogP contribution in [-0.2, 0) is 16.0 Å². The Morgan fingerprint density at radius 3 is 2.85 bits per heavy atom. The first-order chi connectivity index (χ1) is 9.81. The second kappa shape index (κ2) is 6.06. The second-order valence-corrected chi connectivity index (χ2v) is 5.30. The van der Waals surface area contributed by atoms with Crippen LogP contribution >= 0.6 is 0 Å². The van der Waals surface area contributed by atoms with E-state index in [9.17, 15) is 4.79 Å². The summed E-state index contributed by atoms with van der Waals surface area (Å²) in [4.78, 5) is 11.9. The van der Waals surface area contributed by atoms with Crippen molar-refractivity contribution in [3.05, 3.63) is 48.0 Å². The number of carbonyl (C=O) groups is 1. The summed E-state index contributed by atoms with van der Waals surface area (Å²) < 4.78 is 5.50. The van der Waals surface area contributed by atoms with E-state index >= 15 is 0 Å². The van der Waals surface area contributed by atoms with Crippen LogP contribution in [0.5, 0.6) is 0 Å². The van der Waals surface area contributed by atoms with Gasteiger partial charge in [0.25, 0.3) is 0 Å². The summed E-state index contributed by atoms with van der Waals surface area (Å²) in [7, 11) is 0. The van der Waals surface area contributed by atoms with Gasteiger partial charge in [-0.2, -0.15) is 0 Å². The molecular weight excluding hydrogens is 250 g/mol. The van der Waals surface area contributed by atoms with Crippen molar-refractivity contribution in [2.24, 2.45) is 0 Å². The molecule has 0 bridgehead atoms. The average molecular weight is 269 g/mol. The number of carbonyl (C=O) groups excluding carboxylic acids is 1. The molecule has 20 heavy (non-hydrogen) atoms. The molecule has 0 saturated carbocycles. The zero-order chi connectivity index (χ0) is 13.8. The van der Waals surface area contributed by atoms with Gasteiger partial charge in [0.2, 0.25) is 5.91 Å². The van der Waals surface area contributed by atoms with Crippen LogP contribution in [0.4, 0.5) is 0 Å². The lowest BCUT2D eigenvalue weighted by Gasteiger charge is -2.11. The molecule has 1 saturated heterocycles. The molecule has 3 heteroatoms. The Balaban J connectivity index is 1.59. The smallest absolute Gasteiger partial charge is 0.224 e. The summed E-state index contributed by atoms with van der Waals surface area (Å²) in [5, 5.41) is 5.34. The molecule has 0 radical (unpaired) electrons. The Labute approximate surface area is 118 Å². The summed E-state index contributed by atoms with van der Waals surface area (Å²) in [6, 6.07) is 14.4. The molecule has 1 aliphatic heterocycles. The summed E-state index contributed by atoms with van der Waals surface area (Å²) >= 11 is 0. The zero-order valence-corrected chi connectivity index (χ0v) is 11.5. The summed E-state index contributed by atoms with van der Waals surface area (Å²) in [6.07, 6.45) is 2.79. The maximum atomic E-state index is 11.9. The van der Waals surface area contributed by atoms with E-state index in [0.717, 1.165) is 25.0 Å². The average Bonchev–Trinajstić information content (AvgIpc) is 2.98. The fraction of sp³-hybridized carbons (Fsp3) is 0.353. The molecule has 2 aromatic rings. The van der Waals surface area contributed by atoms with Gasteiger partial charge in [-0.3, -0.25) is 4.79 Å². The minimum atomic E-state index is 0.0655. The predicted octanol–water partition coefficient (Wildman–Crippen LogP) is 2.68. The molecule has 0 unspecified atom stereocenters. The third-order valence-corrected chi connectivity index (χ3v) is 3.73. The number of fused-ring (bicyclic) bond motifs is 1. The number of ether oxygens (including phenoxy) is 1. The molecule has 3 rings (SSSR count). The highest BCUT2D eigenvalue weighted by Gasteiger charge is 2.16. The fourth-order valence-corrected chi connectivity index (χ4v) is 2.63. The van der Waals surface area contributed by atoms with Gasteiger partial charge >= 0.3 is 0 Å². The normalized spacial score (nSPS) is 18.3. The molecule has 0 spiro atoms. The molecule has 0 aromatic heterocycles. The Morgan fingerprint density at radius 1 is 1.20 bits per heavy atom. The minimum Gasteiger partial charge on any atom is -0.376 e. The van der Waals surface area contributed by atoms with Crippen molar-refractivity contribution in [2.75, 3.05) is 13.2 Å². The van der Waals surface area contributed by atoms with Gasteiger partial charge in [0.1, 0.15) is 0 Å². The maximum Gasteiger partial charge on any atom is 0.224 e. The molecule has 0 aliphatic carbocycles. The summed E-state index contributed by atoms with van der Waals surface area (Å²) in [5.74, 6) is 0.0655. The van der Waals surface area contributed by atoms with Crippen molar-refractivity contribution in [1.82, 2.24) is 5.32 Å². The molecule has 1 heterocycles. The predicted molar refractivity (Wildman–Crippen MR) is 79.6 cm³/mol. The monoisotopic (exact) mass is 269 g/mol. The summed E-state index contributed by atoms with van der Waals surface area (Å²) in [6.45, 7) is 1.46. The highest BCUT2D eigenvalue weighted by Crippen LogP contribution is 2.16. The molecule has 1 fully saturated rings. The number of hydrogen-bond acceptors (Lipinski definition) is 2. The zero-order valence-electron chi connectivity index (χ0n) is 11.5. The molecule has 1 aliphatic rings. The van der Waals surface area contributed by atoms with Gasteiger partial charge in [0.05, 0.1) is 12.5 Å². The van der Waals surface area contributed by atoms with Gasteiger partial charge in [-0.05, 0) is 29.2 Å². The fourth-order valence-electron chi connectivity index (χ4n) is 2.63. The van der Waals surface area contributed by atoms with Crippen molar-refractivity contribution in [2.45, 2.75) is 25.4 Å². The number of benzene rings is 2. The van der Waals surface area contributed by atoms with Crippen molar-refractivity contribution in [3.63, 3.8) is 0 Å². The van der Waals surface area contributed by atoms with E-state index < -0.39 is 0 Å². The van der Waals surface area contributed by atoms with Gasteiger partial charge in [0, 0.05) is 13.2 Å². The van der Waals surface area contributed by atoms with Gasteiger partial charge < -0.3 is 10.1 Å². The number of nitrogens with one attached hydrogen (secondary N) is 1. The van der Waals surface area contributed by atoms with Crippen LogP contribution in [0, 0.1) is 0 Å². The topological polar surface area (TPSA) is 38.3 Å². The van der Waals surface area contributed by atoms with E-state index in [4.69, 9.17) is 4.74 Å². The van der Waals surface area contributed by atoms with Gasteiger partial charge in [-0.25, -0.2) is 0 Å². The lowest BCUT2D eigenvalue weighted by atomic mass is 10.0. The lowest BCUT2D eigenvalue weighted by Crippen LogP contribution is -2.32. The molecular formula is C17H19NO2. The van der Waals surface area contributed by atoms with Crippen LogP contribution in [0.2, 0.25) is 0 Å². The van der Waals surface area contributed by atoms with Crippen molar-refractivity contribution >= 4 is 16.7 Å². The minimum absolute atomic E-state index is 0.0655. The van der Waals surface area contributed by atoms with Crippen molar-refractivity contribution in [1.29, 1.82) is 0 Å². The SMILES string of the molecule is O=C(Cc1ccc2ccccc2c1)NC[C@H]1CCCO1. The van der Waals surface area contributed by atoms with Crippen LogP contribution < -0.4 is 5.32 Å². The largest absolute Gasteiger partial charge is 0.376 e. The molecule has 1 atom stereocenters. The second-order valence-electron chi connectivity index (χ2n) is 5.30. The number of rotatable bonds is 4. The van der Waals surface area contributed by atoms with E-state index in [1.807, 2.05) is 18.2 Å². The quantitative estimate of drug-likeness (QED) is 0.926. The molecule has 1 N–H and O–H groups in total. The van der Waals surface area contributed by atoms with Gasteiger partial charge in [-0.1, -0.05) is 42.5 Å². The third kappa shape index (κ3) is 3.17. The molecule has 3 nitrogen and oxygen atoms in total. The first-order valence-corrected chi connectivity index (χ1v) is 7.17. The van der Waals surface area contributed by atoms with Crippen LogP contribution in [-0.4, -0.2) is 25.2 Å². The van der Waals surface area contributed by atoms with Crippen LogP contribution in [0.3, 0.4) is 0 Å². The standard InChI is InChI=1S/C17H19NO2/c19-17(18-12-16-6-3-9-20-16)11-13-7-8-14-4-1-2-5-15(14)10-13/h1-2,4-5,7-8,10,16H,3,6,9,11-12H2,(H,18,19)/t16-/m1/s1. The maximum absolute atomic E-state index is 11.9. The number of hydrogen-bond donors (Lipinski definition) is 1. The van der Waals surface area contributed by atoms with E-state index in [2.05, 4.69) is 29.6 Å². The Bertz CT molecular complexity index is 603. The van der Waals surface area contributed by atoms with Crippen LogP contribution in [0.25, 0.3) is 10.8 Å². The first kappa shape index (κ1) is 13.1. The van der Waals surface area contributed by atoms with Gasteiger partial charge in [0.15, 0.2) is 0 Å². The van der Waals surface area contributed by atoms with Crippen molar-refractivity contribution in [3.8, 4) is 0 Å². The Morgan fingerprint density at radius 2 is 2.05 bits per heavy atom. The summed E-state index contributed by atoms with van der Waals surface area (Å²) in [5.41, 5.74) is 1.05. The van der Waals surface area contributed by atoms with E-state index in [1.165, 1.54) is 10.8 Å². The molecule has 104 valence electrons. The third-order valence-electron chi connectivity index (χ3n) is 3.73. The highest BCUT2D eigenvalue weighted by atomic mass is 16.5. The van der Waals surface area contributed by atoms with E-state index in [-0.39, 0.29) is 12.0 Å². The van der Waals surface area contributed by atoms with E-state index in [1.54, 1.807) is 0 Å². The van der Waals surface area contributed by atoms with Crippen LogP contribution in [0.15, 0.2) is 42.5 Å². The van der Waals surface area contributed by atoms with E-state index in [0.29, 0.717) is 13.0 Å². The Hall–Kier alpha value is -1.87. The first-order valence-electron chi connectivity index (χ1n) is 7.17. The molecule has 2 aromatic carbocycles. The Kier molecular flexibility index (Phi) is 3.97. The number of amides is 1. The lowest BCUT2D eigenvalue weighted by molar-refractivity contribution is -0.120. The highest BCUT2D eigenvalue weighted by molar-refractivity contribution is 5.85. The van der Waals surface area contributed by atoms with Crippen LogP contribution in [0.1, 0.15) is 18.4 Å². The van der Waals surface area contributed by atoms with Gasteiger partial charge in [-0.15, -0.1) is 0 Å².